The average molecular weight is 285 g/mol. The van der Waals surface area contributed by atoms with Crippen LogP contribution >= 0.6 is 0 Å². The Kier molecular flexibility index (Phi) is 13.6. The number of unbranched alkanes of at least 4 members (excludes halogenated alkanes) is 8. The molecule has 0 aliphatic carbocycles. The van der Waals surface area contributed by atoms with E-state index >= 15 is 0 Å². The summed E-state index contributed by atoms with van der Waals surface area (Å²) < 4.78 is 0. The second-order valence-corrected chi connectivity index (χ2v) is 5.43. The first-order valence-corrected chi connectivity index (χ1v) is 8.15. The molecule has 1 amide bonds. The van der Waals surface area contributed by atoms with Crippen molar-refractivity contribution in [3.8, 4) is 0 Å². The molecular formula is C16H31NO3. The van der Waals surface area contributed by atoms with Gasteiger partial charge in [-0.1, -0.05) is 51.9 Å². The van der Waals surface area contributed by atoms with Gasteiger partial charge in [0.25, 0.3) is 0 Å². The summed E-state index contributed by atoms with van der Waals surface area (Å²) in [7, 11) is 0. The van der Waals surface area contributed by atoms with Crippen molar-refractivity contribution in [1.82, 2.24) is 5.32 Å². The molecule has 2 N–H and O–H groups in total. The van der Waals surface area contributed by atoms with Crippen molar-refractivity contribution in [2.45, 2.75) is 84.0 Å². The quantitative estimate of drug-likeness (QED) is 0.476. The molecule has 0 unspecified atom stereocenters. The minimum absolute atomic E-state index is 0.103. The zero-order valence-corrected chi connectivity index (χ0v) is 13.0. The van der Waals surface area contributed by atoms with E-state index in [1.807, 2.05) is 0 Å². The summed E-state index contributed by atoms with van der Waals surface area (Å²) in [6.45, 7) is 3.00. The highest BCUT2D eigenvalue weighted by Crippen LogP contribution is 2.06. The molecule has 0 aliphatic heterocycles. The van der Waals surface area contributed by atoms with E-state index in [0.717, 1.165) is 25.8 Å². The number of amides is 1. The normalized spacial score (nSPS) is 10.4. The minimum atomic E-state index is -0.756. The largest absolute Gasteiger partial charge is 0.481 e. The maximum absolute atomic E-state index is 11.5. The highest BCUT2D eigenvalue weighted by atomic mass is 16.4. The van der Waals surface area contributed by atoms with Crippen LogP contribution in [0.25, 0.3) is 0 Å². The lowest BCUT2D eigenvalue weighted by Gasteiger charge is -2.05. The summed E-state index contributed by atoms with van der Waals surface area (Å²) in [4.78, 5) is 21.8. The van der Waals surface area contributed by atoms with Crippen LogP contribution in [0, 0.1) is 0 Å². The molecule has 0 bridgehead atoms. The molecule has 0 radical (unpaired) electrons. The smallest absolute Gasteiger partial charge is 0.303 e. The highest BCUT2D eigenvalue weighted by Gasteiger charge is 2.01. The topological polar surface area (TPSA) is 66.4 Å². The molecule has 4 nitrogen and oxygen atoms in total. The molecule has 0 aromatic rings. The molecule has 4 heteroatoms. The van der Waals surface area contributed by atoms with Gasteiger partial charge in [0.2, 0.25) is 5.91 Å². The SMILES string of the molecule is CCCCCCCCCNC(=O)CCCCCC(=O)O. The lowest BCUT2D eigenvalue weighted by molar-refractivity contribution is -0.137. The zero-order valence-electron chi connectivity index (χ0n) is 13.0. The molecule has 0 saturated carbocycles. The number of hydrogen-bond acceptors (Lipinski definition) is 2. The van der Waals surface area contributed by atoms with Crippen LogP contribution in [0.3, 0.4) is 0 Å². The van der Waals surface area contributed by atoms with Gasteiger partial charge in [-0.15, -0.1) is 0 Å². The third-order valence-corrected chi connectivity index (χ3v) is 3.40. The maximum atomic E-state index is 11.5. The van der Waals surface area contributed by atoms with Crippen LogP contribution in [0.1, 0.15) is 84.0 Å². The standard InChI is InChI=1S/C16H31NO3/c1-2-3-4-5-6-7-11-14-17-15(18)12-9-8-10-13-16(19)20/h2-14H2,1H3,(H,17,18)(H,19,20). The first-order chi connectivity index (χ1) is 9.66. The van der Waals surface area contributed by atoms with E-state index in [1.165, 1.54) is 38.5 Å². The second kappa shape index (κ2) is 14.4. The molecule has 0 spiro atoms. The molecule has 0 atom stereocenters. The minimum Gasteiger partial charge on any atom is -0.481 e. The van der Waals surface area contributed by atoms with Crippen molar-refractivity contribution in [3.05, 3.63) is 0 Å². The molecule has 0 aromatic carbocycles. The molecule has 0 fully saturated rings. The third kappa shape index (κ3) is 15.0. The van der Waals surface area contributed by atoms with Crippen LogP contribution in [0.4, 0.5) is 0 Å². The first kappa shape index (κ1) is 18.9. The Balaban J connectivity index is 3.18. The van der Waals surface area contributed by atoms with Crippen LogP contribution in [-0.2, 0) is 9.59 Å². The fourth-order valence-electron chi connectivity index (χ4n) is 2.14. The van der Waals surface area contributed by atoms with E-state index in [0.29, 0.717) is 12.8 Å². The van der Waals surface area contributed by atoms with Gasteiger partial charge >= 0.3 is 5.97 Å². The number of carboxylic acid groups (broad SMARTS) is 1. The molecule has 20 heavy (non-hydrogen) atoms. The predicted molar refractivity (Wildman–Crippen MR) is 81.7 cm³/mol. The van der Waals surface area contributed by atoms with Gasteiger partial charge in [0.15, 0.2) is 0 Å². The predicted octanol–water partition coefficient (Wildman–Crippen LogP) is 3.89. The summed E-state index contributed by atoms with van der Waals surface area (Å²) in [6, 6.07) is 0. The Labute approximate surface area is 123 Å². The summed E-state index contributed by atoms with van der Waals surface area (Å²) in [5, 5.41) is 11.4. The Morgan fingerprint density at radius 1 is 0.800 bits per heavy atom. The van der Waals surface area contributed by atoms with Gasteiger partial charge in [0.05, 0.1) is 0 Å². The van der Waals surface area contributed by atoms with Gasteiger partial charge in [0, 0.05) is 19.4 Å². The van der Waals surface area contributed by atoms with Crippen LogP contribution in [0.5, 0.6) is 0 Å². The summed E-state index contributed by atoms with van der Waals surface area (Å²) in [6.07, 6.45) is 11.8. The molecule has 0 heterocycles. The van der Waals surface area contributed by atoms with E-state index < -0.39 is 5.97 Å². The second-order valence-electron chi connectivity index (χ2n) is 5.43. The van der Waals surface area contributed by atoms with Gasteiger partial charge in [-0.25, -0.2) is 0 Å². The van der Waals surface area contributed by atoms with Crippen LogP contribution in [0.15, 0.2) is 0 Å². The van der Waals surface area contributed by atoms with Crippen molar-refractivity contribution < 1.29 is 14.7 Å². The van der Waals surface area contributed by atoms with Gasteiger partial charge in [-0.2, -0.15) is 0 Å². The number of carbonyl (C=O) groups is 2. The van der Waals surface area contributed by atoms with E-state index in [4.69, 9.17) is 5.11 Å². The number of nitrogens with one attached hydrogen (secondary N) is 1. The van der Waals surface area contributed by atoms with Crippen LogP contribution < -0.4 is 5.32 Å². The molecule has 118 valence electrons. The van der Waals surface area contributed by atoms with Crippen LogP contribution in [-0.4, -0.2) is 23.5 Å². The monoisotopic (exact) mass is 285 g/mol. The fourth-order valence-corrected chi connectivity index (χ4v) is 2.14. The molecule has 0 aromatic heterocycles. The number of rotatable bonds is 14. The van der Waals surface area contributed by atoms with Gasteiger partial charge < -0.3 is 10.4 Å². The number of carbonyl (C=O) groups excluding carboxylic acids is 1. The Hall–Kier alpha value is -1.06. The fraction of sp³-hybridized carbons (Fsp3) is 0.875. The number of hydrogen-bond donors (Lipinski definition) is 2. The zero-order chi connectivity index (χ0) is 15.1. The van der Waals surface area contributed by atoms with E-state index in [2.05, 4.69) is 12.2 Å². The lowest BCUT2D eigenvalue weighted by atomic mass is 10.1. The maximum Gasteiger partial charge on any atom is 0.303 e. The van der Waals surface area contributed by atoms with Crippen molar-refractivity contribution in [1.29, 1.82) is 0 Å². The Morgan fingerprint density at radius 2 is 1.35 bits per heavy atom. The summed E-state index contributed by atoms with van der Waals surface area (Å²) in [5.74, 6) is -0.653. The van der Waals surface area contributed by atoms with Crippen molar-refractivity contribution in [2.24, 2.45) is 0 Å². The molecular weight excluding hydrogens is 254 g/mol. The van der Waals surface area contributed by atoms with Crippen molar-refractivity contribution >= 4 is 11.9 Å². The van der Waals surface area contributed by atoms with Crippen LogP contribution in [0.2, 0.25) is 0 Å². The third-order valence-electron chi connectivity index (χ3n) is 3.40. The van der Waals surface area contributed by atoms with Gasteiger partial charge in [-0.3, -0.25) is 9.59 Å². The molecule has 0 saturated heterocycles. The number of carboxylic acids is 1. The molecule has 0 rings (SSSR count). The summed E-state index contributed by atoms with van der Waals surface area (Å²) in [5.41, 5.74) is 0. The highest BCUT2D eigenvalue weighted by molar-refractivity contribution is 5.75. The van der Waals surface area contributed by atoms with Crippen molar-refractivity contribution in [2.75, 3.05) is 6.54 Å². The lowest BCUT2D eigenvalue weighted by Crippen LogP contribution is -2.23. The number of aliphatic carboxylic acids is 1. The van der Waals surface area contributed by atoms with E-state index in [1.54, 1.807) is 0 Å². The average Bonchev–Trinajstić information content (AvgIpc) is 2.41. The first-order valence-electron chi connectivity index (χ1n) is 8.15. The van der Waals surface area contributed by atoms with Gasteiger partial charge in [0.1, 0.15) is 0 Å². The van der Waals surface area contributed by atoms with Gasteiger partial charge in [-0.05, 0) is 19.3 Å². The van der Waals surface area contributed by atoms with E-state index in [9.17, 15) is 9.59 Å². The van der Waals surface area contributed by atoms with Crippen molar-refractivity contribution in [3.63, 3.8) is 0 Å². The van der Waals surface area contributed by atoms with E-state index in [-0.39, 0.29) is 12.3 Å². The molecule has 0 aliphatic rings. The Bertz CT molecular complexity index is 254. The summed E-state index contributed by atoms with van der Waals surface area (Å²) >= 11 is 0. The Morgan fingerprint density at radius 3 is 2.00 bits per heavy atom.